The van der Waals surface area contributed by atoms with Crippen molar-refractivity contribution < 1.29 is 4.79 Å². The summed E-state index contributed by atoms with van der Waals surface area (Å²) in [4.78, 5) is 35.5. The normalized spacial score (nSPS) is 16.8. The summed E-state index contributed by atoms with van der Waals surface area (Å²) in [5.74, 6) is -0.331. The van der Waals surface area contributed by atoms with Gasteiger partial charge in [-0.1, -0.05) is 12.7 Å². The molecule has 0 radical (unpaired) electrons. The molecular formula is C25H29N5O2S. The van der Waals surface area contributed by atoms with Crippen LogP contribution < -0.4 is 16.1 Å². The molecule has 7 nitrogen and oxygen atoms in total. The largest absolute Gasteiger partial charge is 0.381 e. The second kappa shape index (κ2) is 9.11. The Kier molecular flexibility index (Phi) is 6.03. The highest BCUT2D eigenvalue weighted by molar-refractivity contribution is 7.19. The average Bonchev–Trinajstić information content (AvgIpc) is 3.33. The lowest BCUT2D eigenvalue weighted by Gasteiger charge is -2.15. The maximum atomic E-state index is 13.6. The van der Waals surface area contributed by atoms with Crippen LogP contribution in [0.2, 0.25) is 0 Å². The Balaban J connectivity index is 1.63. The number of carbonyl (C=O) groups excluding carboxylic acids is 1. The number of aromatic nitrogens is 2. The zero-order valence-corrected chi connectivity index (χ0v) is 19.7. The number of allylic oxidation sites excluding steroid dienone is 1. The fraction of sp³-hybridized carbons (Fsp3) is 0.400. The van der Waals surface area contributed by atoms with Crippen molar-refractivity contribution in [2.75, 3.05) is 31.5 Å². The molecule has 1 saturated heterocycles. The summed E-state index contributed by atoms with van der Waals surface area (Å²) in [7, 11) is 0. The summed E-state index contributed by atoms with van der Waals surface area (Å²) in [5, 5.41) is 6.85. The fourth-order valence-electron chi connectivity index (χ4n) is 4.45. The van der Waals surface area contributed by atoms with Crippen LogP contribution in [0, 0.1) is 0 Å². The molecule has 1 amide bonds. The molecule has 2 aliphatic rings. The predicted octanol–water partition coefficient (Wildman–Crippen LogP) is 3.99. The third kappa shape index (κ3) is 4.20. The molecule has 5 rings (SSSR count). The Labute approximate surface area is 196 Å². The number of carbonyl (C=O) groups is 1. The van der Waals surface area contributed by atoms with Gasteiger partial charge in [-0.3, -0.25) is 14.0 Å². The summed E-state index contributed by atoms with van der Waals surface area (Å²) in [6.45, 7) is 9.34. The Bertz CT molecular complexity index is 1310. The maximum absolute atomic E-state index is 13.6. The van der Waals surface area contributed by atoms with E-state index < -0.39 is 0 Å². The van der Waals surface area contributed by atoms with Crippen molar-refractivity contribution in [1.82, 2.24) is 19.6 Å². The Morgan fingerprint density at radius 3 is 2.82 bits per heavy atom. The summed E-state index contributed by atoms with van der Waals surface area (Å²) in [6.07, 6.45) is 12.1. The number of hydrogen-bond acceptors (Lipinski definition) is 6. The zero-order valence-electron chi connectivity index (χ0n) is 18.9. The number of amides is 1. The van der Waals surface area contributed by atoms with E-state index in [1.807, 2.05) is 29.5 Å². The number of rotatable bonds is 8. The monoisotopic (exact) mass is 463 g/mol. The van der Waals surface area contributed by atoms with Gasteiger partial charge in [-0.25, -0.2) is 4.98 Å². The predicted molar refractivity (Wildman–Crippen MR) is 136 cm³/mol. The van der Waals surface area contributed by atoms with E-state index >= 15 is 0 Å². The molecule has 2 N–H and O–H groups in total. The number of hydrogen-bond donors (Lipinski definition) is 2. The van der Waals surface area contributed by atoms with Crippen molar-refractivity contribution in [1.29, 1.82) is 0 Å². The smallest absolute Gasteiger partial charge is 0.258 e. The molecule has 33 heavy (non-hydrogen) atoms. The Morgan fingerprint density at radius 2 is 2.12 bits per heavy atom. The highest BCUT2D eigenvalue weighted by atomic mass is 32.1. The fourth-order valence-corrected chi connectivity index (χ4v) is 5.57. The number of thiazole rings is 1. The third-order valence-electron chi connectivity index (χ3n) is 6.26. The molecule has 172 valence electrons. The van der Waals surface area contributed by atoms with Gasteiger partial charge in [-0.2, -0.15) is 0 Å². The highest BCUT2D eigenvalue weighted by Gasteiger charge is 2.25. The minimum absolute atomic E-state index is 0.179. The average molecular weight is 464 g/mol. The molecule has 0 spiro atoms. The summed E-state index contributed by atoms with van der Waals surface area (Å²) >= 11 is 1.40. The van der Waals surface area contributed by atoms with Gasteiger partial charge in [-0.15, -0.1) is 11.3 Å². The number of pyridine rings is 2. The highest BCUT2D eigenvalue weighted by Crippen LogP contribution is 2.31. The quantitative estimate of drug-likeness (QED) is 0.528. The van der Waals surface area contributed by atoms with Gasteiger partial charge in [0.2, 0.25) is 5.43 Å². The lowest BCUT2D eigenvalue weighted by molar-refractivity contribution is 0.0950. The lowest BCUT2D eigenvalue weighted by Crippen LogP contribution is -2.35. The van der Waals surface area contributed by atoms with Crippen molar-refractivity contribution in [3.8, 4) is 0 Å². The minimum atomic E-state index is -0.331. The zero-order chi connectivity index (χ0) is 22.9. The van der Waals surface area contributed by atoms with Gasteiger partial charge in [0, 0.05) is 19.1 Å². The molecule has 3 aromatic heterocycles. The van der Waals surface area contributed by atoms with Crippen molar-refractivity contribution in [2.45, 2.75) is 38.6 Å². The van der Waals surface area contributed by atoms with E-state index in [4.69, 9.17) is 0 Å². The van der Waals surface area contributed by atoms with Gasteiger partial charge in [0.15, 0.2) is 0 Å². The van der Waals surface area contributed by atoms with Gasteiger partial charge >= 0.3 is 0 Å². The van der Waals surface area contributed by atoms with Crippen LogP contribution in [0.5, 0.6) is 0 Å². The summed E-state index contributed by atoms with van der Waals surface area (Å²) in [6, 6.07) is 2.28. The number of anilines is 1. The number of nitrogens with one attached hydrogen (secondary N) is 2. The van der Waals surface area contributed by atoms with Crippen LogP contribution in [0.1, 0.15) is 53.5 Å². The topological polar surface area (TPSA) is 78.7 Å². The van der Waals surface area contributed by atoms with Crippen LogP contribution in [0.3, 0.4) is 0 Å². The van der Waals surface area contributed by atoms with Crippen LogP contribution in [0.15, 0.2) is 29.7 Å². The molecule has 0 aromatic carbocycles. The van der Waals surface area contributed by atoms with E-state index in [9.17, 15) is 9.59 Å². The van der Waals surface area contributed by atoms with Crippen LogP contribution >= 0.6 is 11.3 Å². The second-order valence-corrected chi connectivity index (χ2v) is 9.75. The van der Waals surface area contributed by atoms with E-state index in [0.717, 1.165) is 48.7 Å². The van der Waals surface area contributed by atoms with Gasteiger partial charge in [0.1, 0.15) is 16.0 Å². The van der Waals surface area contributed by atoms with Gasteiger partial charge in [-0.05, 0) is 63.9 Å². The minimum Gasteiger partial charge on any atom is -0.381 e. The summed E-state index contributed by atoms with van der Waals surface area (Å²) < 4.78 is 1.93. The lowest BCUT2D eigenvalue weighted by atomic mass is 10.1. The SMILES string of the molecule is C=Cc1sc2c(C(=O)NCCN3CCCC3)c(=O)c3cc(NC4CC4)cnc3n2c1/C=C\C. The first-order valence-electron chi connectivity index (χ1n) is 11.6. The molecule has 8 heteroatoms. The second-order valence-electron chi connectivity index (χ2n) is 8.72. The van der Waals surface area contributed by atoms with Crippen molar-refractivity contribution >= 4 is 50.9 Å². The van der Waals surface area contributed by atoms with E-state index in [1.54, 1.807) is 12.3 Å². The first-order chi connectivity index (χ1) is 16.1. The van der Waals surface area contributed by atoms with Crippen LogP contribution in [0.25, 0.3) is 28.0 Å². The third-order valence-corrected chi connectivity index (χ3v) is 7.44. The van der Waals surface area contributed by atoms with Crippen LogP contribution in [-0.2, 0) is 0 Å². The molecular weight excluding hydrogens is 434 g/mol. The molecule has 1 aliphatic heterocycles. The van der Waals surface area contributed by atoms with Crippen molar-refractivity contribution in [2.24, 2.45) is 0 Å². The van der Waals surface area contributed by atoms with E-state index in [-0.39, 0.29) is 16.9 Å². The van der Waals surface area contributed by atoms with Gasteiger partial charge in [0.05, 0.1) is 27.8 Å². The molecule has 0 bridgehead atoms. The van der Waals surface area contributed by atoms with Crippen LogP contribution in [0.4, 0.5) is 5.69 Å². The Hall–Kier alpha value is -2.97. The number of fused-ring (bicyclic) bond motifs is 3. The van der Waals surface area contributed by atoms with E-state index in [1.165, 1.54) is 24.2 Å². The van der Waals surface area contributed by atoms with Gasteiger partial charge < -0.3 is 15.5 Å². The molecule has 1 saturated carbocycles. The van der Waals surface area contributed by atoms with E-state index in [0.29, 0.717) is 28.5 Å². The standard InChI is InChI=1S/C25H29N5O2S/c1-3-7-19-20(4-2)33-25-21(24(32)26-10-13-29-11-5-6-12-29)22(31)18-14-17(28-16-8-9-16)15-27-23(18)30(19)25/h3-4,7,14-16,28H,2,5-6,8-13H2,1H3,(H,26,32)/b7-3-. The molecule has 0 unspecified atom stereocenters. The number of nitrogens with zero attached hydrogens (tertiary/aromatic N) is 3. The molecule has 2 fully saturated rings. The van der Waals surface area contributed by atoms with Gasteiger partial charge in [0.25, 0.3) is 5.91 Å². The number of likely N-dealkylation sites (tertiary alicyclic amines) is 1. The van der Waals surface area contributed by atoms with Crippen molar-refractivity contribution in [3.05, 3.63) is 51.3 Å². The molecule has 0 atom stereocenters. The molecule has 3 aromatic rings. The molecule has 4 heterocycles. The summed E-state index contributed by atoms with van der Waals surface area (Å²) in [5.41, 5.74) is 2.15. The first-order valence-corrected chi connectivity index (χ1v) is 12.5. The van der Waals surface area contributed by atoms with Crippen molar-refractivity contribution in [3.63, 3.8) is 0 Å². The first kappa shape index (κ1) is 21.9. The maximum Gasteiger partial charge on any atom is 0.258 e. The molecule has 1 aliphatic carbocycles. The van der Waals surface area contributed by atoms with Crippen LogP contribution in [-0.4, -0.2) is 52.4 Å². The Morgan fingerprint density at radius 1 is 1.33 bits per heavy atom. The van der Waals surface area contributed by atoms with E-state index in [2.05, 4.69) is 27.1 Å².